The molecule has 1 aromatic heterocycles. The van der Waals surface area contributed by atoms with Crippen LogP contribution in [0.25, 0.3) is 0 Å². The lowest BCUT2D eigenvalue weighted by atomic mass is 10.2. The van der Waals surface area contributed by atoms with Crippen LogP contribution in [0.1, 0.15) is 25.1 Å². The largest absolute Gasteiger partial charge is 0.380 e. The number of nitrogens with one attached hydrogen (secondary N) is 1. The minimum absolute atomic E-state index is 0.734. The first kappa shape index (κ1) is 12.2. The number of hydrogen-bond donors (Lipinski definition) is 1. The van der Waals surface area contributed by atoms with E-state index in [9.17, 15) is 0 Å². The van der Waals surface area contributed by atoms with E-state index in [1.165, 1.54) is 5.56 Å². The molecule has 15 heavy (non-hydrogen) atoms. The molecule has 0 saturated carbocycles. The molecule has 0 radical (unpaired) electrons. The summed E-state index contributed by atoms with van der Waals surface area (Å²) < 4.78 is 7.25. The lowest BCUT2D eigenvalue weighted by molar-refractivity contribution is 0.136. The van der Waals surface area contributed by atoms with Crippen LogP contribution in [-0.4, -0.2) is 29.5 Å². The summed E-state index contributed by atoms with van der Waals surface area (Å²) in [6.45, 7) is 10.4. The Morgan fingerprint density at radius 2 is 2.27 bits per heavy atom. The second-order valence-electron chi connectivity index (χ2n) is 3.48. The summed E-state index contributed by atoms with van der Waals surface area (Å²) in [6, 6.07) is 0. The molecule has 0 aliphatic carbocycles. The molecular weight excluding hydrogens is 190 g/mol. The van der Waals surface area contributed by atoms with Crippen LogP contribution in [0, 0.1) is 6.92 Å². The molecule has 0 bridgehead atoms. The zero-order chi connectivity index (χ0) is 11.1. The van der Waals surface area contributed by atoms with Crippen LogP contribution in [0.5, 0.6) is 0 Å². The predicted molar refractivity (Wildman–Crippen MR) is 60.8 cm³/mol. The van der Waals surface area contributed by atoms with Gasteiger partial charge in [0.25, 0.3) is 0 Å². The summed E-state index contributed by atoms with van der Waals surface area (Å²) in [6.07, 6.45) is 2.09. The van der Waals surface area contributed by atoms with Gasteiger partial charge in [-0.05, 0) is 20.4 Å². The first-order valence-electron chi connectivity index (χ1n) is 5.59. The topological polar surface area (TPSA) is 39.1 Å². The van der Waals surface area contributed by atoms with E-state index in [0.29, 0.717) is 0 Å². The quantitative estimate of drug-likeness (QED) is 0.692. The Morgan fingerprint density at radius 1 is 1.47 bits per heavy atom. The van der Waals surface area contributed by atoms with Crippen molar-refractivity contribution in [3.63, 3.8) is 0 Å². The molecular formula is C11H21N3O. The first-order chi connectivity index (χ1) is 7.27. The van der Waals surface area contributed by atoms with Gasteiger partial charge in [0.05, 0.1) is 18.8 Å². The maximum atomic E-state index is 5.29. The van der Waals surface area contributed by atoms with E-state index in [0.717, 1.165) is 38.5 Å². The van der Waals surface area contributed by atoms with Gasteiger partial charge in [-0.25, -0.2) is 0 Å². The third-order valence-corrected chi connectivity index (χ3v) is 2.28. The molecule has 0 spiro atoms. The van der Waals surface area contributed by atoms with Gasteiger partial charge in [-0.2, -0.15) is 5.10 Å². The van der Waals surface area contributed by atoms with Gasteiger partial charge in [0, 0.05) is 24.9 Å². The standard InChI is InChI=1S/C11H21N3O/c1-4-12-8-11-9-14(13-10(11)3)6-7-15-5-2/h9,12H,4-8H2,1-3H3. The molecule has 0 unspecified atom stereocenters. The molecule has 0 saturated heterocycles. The average molecular weight is 211 g/mol. The highest BCUT2D eigenvalue weighted by molar-refractivity contribution is 5.14. The van der Waals surface area contributed by atoms with Crippen molar-refractivity contribution in [1.29, 1.82) is 0 Å². The molecule has 4 heteroatoms. The Bertz CT molecular complexity index is 283. The van der Waals surface area contributed by atoms with E-state index in [4.69, 9.17) is 4.74 Å². The molecule has 1 N–H and O–H groups in total. The summed E-state index contributed by atoms with van der Waals surface area (Å²) in [7, 11) is 0. The van der Waals surface area contributed by atoms with Crippen molar-refractivity contribution in [1.82, 2.24) is 15.1 Å². The number of aryl methyl sites for hydroxylation is 1. The third kappa shape index (κ3) is 4.01. The van der Waals surface area contributed by atoms with E-state index < -0.39 is 0 Å². The zero-order valence-electron chi connectivity index (χ0n) is 9.92. The summed E-state index contributed by atoms with van der Waals surface area (Å²) in [5.41, 5.74) is 2.38. The minimum Gasteiger partial charge on any atom is -0.380 e. The smallest absolute Gasteiger partial charge is 0.0662 e. The lowest BCUT2D eigenvalue weighted by Crippen LogP contribution is -2.11. The number of ether oxygens (including phenoxy) is 1. The van der Waals surface area contributed by atoms with E-state index >= 15 is 0 Å². The normalized spacial score (nSPS) is 10.9. The SMILES string of the molecule is CCNCc1cn(CCOCC)nc1C. The van der Waals surface area contributed by atoms with Crippen LogP contribution >= 0.6 is 0 Å². The number of hydrogen-bond acceptors (Lipinski definition) is 3. The Kier molecular flexibility index (Phi) is 5.36. The molecule has 0 aromatic carbocycles. The van der Waals surface area contributed by atoms with Crippen LogP contribution in [0.4, 0.5) is 0 Å². The fourth-order valence-electron chi connectivity index (χ4n) is 1.41. The molecule has 0 fully saturated rings. The molecule has 0 atom stereocenters. The second-order valence-corrected chi connectivity index (χ2v) is 3.48. The molecule has 0 aliphatic heterocycles. The van der Waals surface area contributed by atoms with Gasteiger partial charge in [0.15, 0.2) is 0 Å². The third-order valence-electron chi connectivity index (χ3n) is 2.28. The fourth-order valence-corrected chi connectivity index (χ4v) is 1.41. The first-order valence-corrected chi connectivity index (χ1v) is 5.59. The van der Waals surface area contributed by atoms with Crippen molar-refractivity contribution < 1.29 is 4.74 Å². The number of rotatable bonds is 7. The Morgan fingerprint density at radius 3 is 2.93 bits per heavy atom. The van der Waals surface area contributed by atoms with Crippen molar-refractivity contribution in [3.8, 4) is 0 Å². The zero-order valence-corrected chi connectivity index (χ0v) is 9.92. The van der Waals surface area contributed by atoms with E-state index in [1.54, 1.807) is 0 Å². The molecule has 1 rings (SSSR count). The predicted octanol–water partition coefficient (Wildman–Crippen LogP) is 1.34. The average Bonchev–Trinajstić information content (AvgIpc) is 2.57. The van der Waals surface area contributed by atoms with Gasteiger partial charge in [-0.15, -0.1) is 0 Å². The molecule has 0 amide bonds. The second kappa shape index (κ2) is 6.58. The van der Waals surface area contributed by atoms with Crippen molar-refractivity contribution in [2.75, 3.05) is 19.8 Å². The fraction of sp³-hybridized carbons (Fsp3) is 0.727. The highest BCUT2D eigenvalue weighted by Crippen LogP contribution is 2.04. The van der Waals surface area contributed by atoms with Crippen molar-refractivity contribution in [2.45, 2.75) is 33.9 Å². The van der Waals surface area contributed by atoms with E-state index in [2.05, 4.69) is 23.5 Å². The number of aromatic nitrogens is 2. The molecule has 1 heterocycles. The van der Waals surface area contributed by atoms with Gasteiger partial charge in [-0.3, -0.25) is 4.68 Å². The van der Waals surface area contributed by atoms with Crippen LogP contribution in [0.2, 0.25) is 0 Å². The highest BCUT2D eigenvalue weighted by Gasteiger charge is 2.03. The molecule has 86 valence electrons. The summed E-state index contributed by atoms with van der Waals surface area (Å²) in [5, 5.41) is 7.73. The van der Waals surface area contributed by atoms with Crippen LogP contribution in [-0.2, 0) is 17.8 Å². The van der Waals surface area contributed by atoms with Gasteiger partial charge in [0.1, 0.15) is 0 Å². The molecule has 0 aliphatic rings. The summed E-state index contributed by atoms with van der Waals surface area (Å²) in [4.78, 5) is 0. The lowest BCUT2D eigenvalue weighted by Gasteiger charge is -2.00. The molecule has 4 nitrogen and oxygen atoms in total. The van der Waals surface area contributed by atoms with Crippen molar-refractivity contribution >= 4 is 0 Å². The number of nitrogens with zero attached hydrogens (tertiary/aromatic N) is 2. The van der Waals surface area contributed by atoms with Gasteiger partial charge < -0.3 is 10.1 Å². The van der Waals surface area contributed by atoms with Gasteiger partial charge in [0.2, 0.25) is 0 Å². The Hall–Kier alpha value is -0.870. The van der Waals surface area contributed by atoms with E-state index in [1.807, 2.05) is 18.5 Å². The minimum atomic E-state index is 0.734. The summed E-state index contributed by atoms with van der Waals surface area (Å²) in [5.74, 6) is 0. The Balaban J connectivity index is 2.45. The van der Waals surface area contributed by atoms with Crippen molar-refractivity contribution in [3.05, 3.63) is 17.5 Å². The summed E-state index contributed by atoms with van der Waals surface area (Å²) >= 11 is 0. The molecule has 1 aromatic rings. The van der Waals surface area contributed by atoms with Gasteiger partial charge >= 0.3 is 0 Å². The van der Waals surface area contributed by atoms with E-state index in [-0.39, 0.29) is 0 Å². The van der Waals surface area contributed by atoms with Crippen LogP contribution < -0.4 is 5.32 Å². The maximum Gasteiger partial charge on any atom is 0.0662 e. The maximum absolute atomic E-state index is 5.29. The van der Waals surface area contributed by atoms with Crippen molar-refractivity contribution in [2.24, 2.45) is 0 Å². The van der Waals surface area contributed by atoms with Gasteiger partial charge in [-0.1, -0.05) is 6.92 Å². The van der Waals surface area contributed by atoms with Crippen LogP contribution in [0.3, 0.4) is 0 Å². The highest BCUT2D eigenvalue weighted by atomic mass is 16.5. The monoisotopic (exact) mass is 211 g/mol. The Labute approximate surface area is 91.6 Å². The van der Waals surface area contributed by atoms with Crippen LogP contribution in [0.15, 0.2) is 6.20 Å².